The highest BCUT2D eigenvalue weighted by Gasteiger charge is 2.76. The van der Waals surface area contributed by atoms with E-state index >= 15 is 0 Å². The Labute approximate surface area is 88.7 Å². The molecule has 3 nitrogen and oxygen atoms in total. The van der Waals surface area contributed by atoms with Crippen molar-refractivity contribution in [2.24, 2.45) is 17.3 Å². The highest BCUT2D eigenvalue weighted by molar-refractivity contribution is 5.82. The number of ether oxygens (including phenoxy) is 2. The molecule has 1 saturated carbocycles. The van der Waals surface area contributed by atoms with Gasteiger partial charge in [-0.05, 0) is 6.92 Å². The molecule has 1 saturated heterocycles. The number of fused-ring (bicyclic) bond motifs is 5. The van der Waals surface area contributed by atoms with E-state index in [4.69, 9.17) is 9.47 Å². The van der Waals surface area contributed by atoms with Crippen molar-refractivity contribution in [3.05, 3.63) is 24.8 Å². The third-order valence-electron chi connectivity index (χ3n) is 3.95. The lowest BCUT2D eigenvalue weighted by atomic mass is 10.0. The molecule has 1 unspecified atom stereocenters. The Bertz CT molecular complexity index is 340. The van der Waals surface area contributed by atoms with Gasteiger partial charge in [0.15, 0.2) is 0 Å². The van der Waals surface area contributed by atoms with Gasteiger partial charge in [-0.15, -0.1) is 0 Å². The zero-order valence-electron chi connectivity index (χ0n) is 8.68. The number of esters is 1. The minimum Gasteiger partial charge on any atom is -0.461 e. The van der Waals surface area contributed by atoms with Crippen molar-refractivity contribution in [1.29, 1.82) is 0 Å². The molecule has 0 spiro atoms. The number of hydrogen-bond donors (Lipinski definition) is 0. The van der Waals surface area contributed by atoms with Gasteiger partial charge in [-0.25, -0.2) is 0 Å². The Morgan fingerprint density at radius 2 is 2.13 bits per heavy atom. The van der Waals surface area contributed by atoms with Crippen molar-refractivity contribution in [2.75, 3.05) is 6.61 Å². The lowest BCUT2D eigenvalue weighted by molar-refractivity contribution is -0.151. The average molecular weight is 206 g/mol. The molecule has 5 atom stereocenters. The van der Waals surface area contributed by atoms with E-state index in [0.29, 0.717) is 18.4 Å². The molecule has 15 heavy (non-hydrogen) atoms. The van der Waals surface area contributed by atoms with Gasteiger partial charge in [0.1, 0.15) is 6.61 Å². The van der Waals surface area contributed by atoms with Crippen LogP contribution in [-0.4, -0.2) is 24.8 Å². The first kappa shape index (κ1) is 9.16. The summed E-state index contributed by atoms with van der Waals surface area (Å²) in [5.41, 5.74) is -0.319. The SMILES string of the molecule is C=CCOC(=O)C1(C)[C@@H]2[C@H]1[C@H]1C=C[C@H]2O1. The maximum absolute atomic E-state index is 11.9. The van der Waals surface area contributed by atoms with Gasteiger partial charge in [0.05, 0.1) is 17.6 Å². The Hall–Kier alpha value is -1.09. The van der Waals surface area contributed by atoms with E-state index in [9.17, 15) is 4.79 Å². The van der Waals surface area contributed by atoms with E-state index in [1.54, 1.807) is 6.08 Å². The van der Waals surface area contributed by atoms with Crippen molar-refractivity contribution in [2.45, 2.75) is 19.1 Å². The van der Waals surface area contributed by atoms with E-state index < -0.39 is 0 Å². The van der Waals surface area contributed by atoms with Crippen LogP contribution in [0.25, 0.3) is 0 Å². The second kappa shape index (κ2) is 2.73. The molecule has 3 aliphatic rings. The fourth-order valence-corrected chi connectivity index (χ4v) is 3.13. The Balaban J connectivity index is 1.74. The third kappa shape index (κ3) is 0.965. The summed E-state index contributed by atoms with van der Waals surface area (Å²) in [6.45, 7) is 5.83. The summed E-state index contributed by atoms with van der Waals surface area (Å²) in [4.78, 5) is 11.9. The number of rotatable bonds is 3. The summed E-state index contributed by atoms with van der Waals surface area (Å²) in [5.74, 6) is 0.578. The predicted molar refractivity (Wildman–Crippen MR) is 54.0 cm³/mol. The maximum Gasteiger partial charge on any atom is 0.312 e. The molecule has 0 N–H and O–H groups in total. The minimum atomic E-state index is -0.319. The number of carbonyl (C=O) groups excluding carboxylic acids is 1. The van der Waals surface area contributed by atoms with Gasteiger partial charge in [-0.1, -0.05) is 24.8 Å². The quantitative estimate of drug-likeness (QED) is 0.516. The van der Waals surface area contributed by atoms with E-state index in [-0.39, 0.29) is 23.6 Å². The van der Waals surface area contributed by atoms with Crippen LogP contribution < -0.4 is 0 Å². The van der Waals surface area contributed by atoms with E-state index in [1.165, 1.54) is 0 Å². The van der Waals surface area contributed by atoms with Crippen LogP contribution in [0.3, 0.4) is 0 Å². The molecular weight excluding hydrogens is 192 g/mol. The topological polar surface area (TPSA) is 35.5 Å². The molecule has 80 valence electrons. The Morgan fingerprint density at radius 1 is 1.53 bits per heavy atom. The predicted octanol–water partition coefficient (Wildman–Crippen LogP) is 1.31. The first-order valence-electron chi connectivity index (χ1n) is 5.31. The molecule has 0 radical (unpaired) electrons. The zero-order valence-corrected chi connectivity index (χ0v) is 8.68. The van der Waals surface area contributed by atoms with E-state index in [1.807, 2.05) is 6.92 Å². The summed E-state index contributed by atoms with van der Waals surface area (Å²) in [7, 11) is 0. The largest absolute Gasteiger partial charge is 0.461 e. The molecule has 0 aromatic carbocycles. The molecule has 2 bridgehead atoms. The summed E-state index contributed by atoms with van der Waals surface area (Å²) in [5, 5.41) is 0. The first-order valence-corrected chi connectivity index (χ1v) is 5.31. The van der Waals surface area contributed by atoms with Crippen molar-refractivity contribution in [1.82, 2.24) is 0 Å². The highest BCUT2D eigenvalue weighted by Crippen LogP contribution is 2.69. The van der Waals surface area contributed by atoms with Gasteiger partial charge in [-0.3, -0.25) is 4.79 Å². The average Bonchev–Trinajstić information content (AvgIpc) is 2.65. The normalized spacial score (nSPS) is 48.9. The summed E-state index contributed by atoms with van der Waals surface area (Å²) >= 11 is 0. The van der Waals surface area contributed by atoms with Crippen molar-refractivity contribution < 1.29 is 14.3 Å². The zero-order chi connectivity index (χ0) is 10.6. The van der Waals surface area contributed by atoms with Crippen LogP contribution >= 0.6 is 0 Å². The van der Waals surface area contributed by atoms with Crippen LogP contribution in [0.4, 0.5) is 0 Å². The first-order chi connectivity index (χ1) is 7.19. The molecule has 3 heteroatoms. The van der Waals surface area contributed by atoms with Crippen LogP contribution in [-0.2, 0) is 14.3 Å². The Morgan fingerprint density at radius 3 is 2.67 bits per heavy atom. The molecule has 0 amide bonds. The lowest BCUT2D eigenvalue weighted by Gasteiger charge is -2.17. The molecule has 2 fully saturated rings. The van der Waals surface area contributed by atoms with E-state index in [2.05, 4.69) is 18.7 Å². The lowest BCUT2D eigenvalue weighted by Crippen LogP contribution is -2.27. The van der Waals surface area contributed by atoms with Crippen LogP contribution in [0.15, 0.2) is 24.8 Å². The van der Waals surface area contributed by atoms with Gasteiger partial charge >= 0.3 is 5.97 Å². The summed E-state index contributed by atoms with van der Waals surface area (Å²) in [6.07, 6.45) is 6.01. The molecule has 0 aromatic heterocycles. The van der Waals surface area contributed by atoms with Gasteiger partial charge < -0.3 is 9.47 Å². The minimum absolute atomic E-state index is 0.0978. The highest BCUT2D eigenvalue weighted by atomic mass is 16.5. The van der Waals surface area contributed by atoms with Crippen LogP contribution in [0.2, 0.25) is 0 Å². The monoisotopic (exact) mass is 206 g/mol. The summed E-state index contributed by atoms with van der Waals surface area (Å²) < 4.78 is 10.8. The maximum atomic E-state index is 11.9. The molecular formula is C12H14O3. The molecule has 0 aromatic rings. The van der Waals surface area contributed by atoms with Crippen LogP contribution in [0, 0.1) is 17.3 Å². The van der Waals surface area contributed by atoms with Gasteiger partial charge in [0, 0.05) is 11.8 Å². The second-order valence-electron chi connectivity index (χ2n) is 4.67. The molecule has 2 aliphatic heterocycles. The molecule has 3 rings (SSSR count). The van der Waals surface area contributed by atoms with Crippen LogP contribution in [0.1, 0.15) is 6.92 Å². The molecule has 2 heterocycles. The van der Waals surface area contributed by atoms with Gasteiger partial charge in [-0.2, -0.15) is 0 Å². The fraction of sp³-hybridized carbons (Fsp3) is 0.583. The third-order valence-corrected chi connectivity index (χ3v) is 3.95. The number of carbonyl (C=O) groups is 1. The van der Waals surface area contributed by atoms with Crippen molar-refractivity contribution in [3.8, 4) is 0 Å². The van der Waals surface area contributed by atoms with Crippen molar-refractivity contribution in [3.63, 3.8) is 0 Å². The standard InChI is InChI=1S/C12H14O3/c1-3-6-14-11(13)12(2)9-7-4-5-8(15-7)10(9)12/h3-5,7-10H,1,6H2,2H3/t7-,8-,9-,10+,12?/m1/s1. The number of hydrogen-bond acceptors (Lipinski definition) is 3. The summed E-state index contributed by atoms with van der Waals surface area (Å²) in [6, 6.07) is 0. The fourth-order valence-electron chi connectivity index (χ4n) is 3.13. The van der Waals surface area contributed by atoms with E-state index in [0.717, 1.165) is 0 Å². The van der Waals surface area contributed by atoms with Crippen molar-refractivity contribution >= 4 is 5.97 Å². The van der Waals surface area contributed by atoms with Gasteiger partial charge in [0.2, 0.25) is 0 Å². The second-order valence-corrected chi connectivity index (χ2v) is 4.67. The smallest absolute Gasteiger partial charge is 0.312 e. The Kier molecular flexibility index (Phi) is 1.67. The molecule has 1 aliphatic carbocycles. The van der Waals surface area contributed by atoms with Gasteiger partial charge in [0.25, 0.3) is 0 Å². The van der Waals surface area contributed by atoms with Crippen LogP contribution in [0.5, 0.6) is 0 Å².